The van der Waals surface area contributed by atoms with E-state index in [1.807, 2.05) is 35.6 Å². The van der Waals surface area contributed by atoms with Gasteiger partial charge in [0.2, 0.25) is 5.91 Å². The van der Waals surface area contributed by atoms with Gasteiger partial charge in [0.25, 0.3) is 5.91 Å². The lowest BCUT2D eigenvalue weighted by atomic mass is 10.1. The van der Waals surface area contributed by atoms with Crippen molar-refractivity contribution < 1.29 is 24.2 Å². The van der Waals surface area contributed by atoms with E-state index in [0.29, 0.717) is 39.2 Å². The molecule has 2 aromatic heterocycles. The molecule has 2 aromatic rings. The molecule has 2 fully saturated rings. The highest BCUT2D eigenvalue weighted by atomic mass is 16.5. The normalized spacial score (nSPS) is 21.1. The van der Waals surface area contributed by atoms with Crippen LogP contribution in [0.5, 0.6) is 0 Å². The first-order valence-corrected chi connectivity index (χ1v) is 12.3. The number of hydrogen-bond acceptors (Lipinski definition) is 8. The van der Waals surface area contributed by atoms with E-state index >= 15 is 0 Å². The van der Waals surface area contributed by atoms with Crippen molar-refractivity contribution in [2.75, 3.05) is 40.0 Å². The molecule has 11 nitrogen and oxygen atoms in total. The van der Waals surface area contributed by atoms with Gasteiger partial charge in [0.15, 0.2) is 5.65 Å². The molecule has 1 aliphatic carbocycles. The number of aliphatic hydroxyl groups is 1. The predicted molar refractivity (Wildman–Crippen MR) is 129 cm³/mol. The maximum absolute atomic E-state index is 13.7. The van der Waals surface area contributed by atoms with E-state index in [1.165, 1.54) is 0 Å². The van der Waals surface area contributed by atoms with Crippen molar-refractivity contribution >= 4 is 22.8 Å². The van der Waals surface area contributed by atoms with Gasteiger partial charge in [0.05, 0.1) is 24.4 Å². The van der Waals surface area contributed by atoms with E-state index in [-0.39, 0.29) is 24.1 Å². The summed E-state index contributed by atoms with van der Waals surface area (Å²) in [6, 6.07) is 3.90. The number of hydrogen-bond donors (Lipinski definition) is 3. The average Bonchev–Trinajstić information content (AvgIpc) is 3.63. The summed E-state index contributed by atoms with van der Waals surface area (Å²) in [6.45, 7) is 5.99. The number of aryl methyl sites for hydroxylation is 2. The smallest absolute Gasteiger partial charge is 0.253 e. The number of nitrogens with zero attached hydrogens (tertiary/aromatic N) is 4. The van der Waals surface area contributed by atoms with Crippen molar-refractivity contribution in [2.45, 2.75) is 63.9 Å². The molecule has 0 aromatic carbocycles. The summed E-state index contributed by atoms with van der Waals surface area (Å²) in [5.74, 6) is -0.424. The number of ether oxygens (including phenoxy) is 2. The fourth-order valence-electron chi connectivity index (χ4n) is 4.62. The standard InChI is InChI=1S/C24H36N6O5/c1-15-5-8-19-22(28-29(23(19)27-15)10-4-9-26-21(32)13-31)16(2)30(17-6-7-17)24(33)20-12-25-11-18(35-20)14-34-3/h5,8,16-18,20,25,31H,4,6-7,9-14H2,1-3H3,(H,26,32)/t16-,18+,20-/m1/s1. The minimum Gasteiger partial charge on any atom is -0.387 e. The van der Waals surface area contributed by atoms with Crippen LogP contribution in [0.1, 0.15) is 43.6 Å². The van der Waals surface area contributed by atoms with Crippen LogP contribution in [0, 0.1) is 6.92 Å². The van der Waals surface area contributed by atoms with Crippen molar-refractivity contribution in [1.82, 2.24) is 30.3 Å². The van der Waals surface area contributed by atoms with Crippen LogP contribution in [-0.2, 0) is 25.6 Å². The highest BCUT2D eigenvalue weighted by Gasteiger charge is 2.42. The van der Waals surface area contributed by atoms with Gasteiger partial charge in [-0.05, 0) is 45.2 Å². The van der Waals surface area contributed by atoms with E-state index in [2.05, 4.69) is 10.6 Å². The monoisotopic (exact) mass is 488 g/mol. The third kappa shape index (κ3) is 5.97. The highest BCUT2D eigenvalue weighted by molar-refractivity contribution is 5.84. The second kappa shape index (κ2) is 11.4. The molecule has 192 valence electrons. The number of aliphatic hydroxyl groups excluding tert-OH is 1. The number of nitrogens with one attached hydrogen (secondary N) is 2. The molecule has 2 aliphatic rings. The minimum absolute atomic E-state index is 0.0252. The van der Waals surface area contributed by atoms with Gasteiger partial charge in [-0.3, -0.25) is 9.59 Å². The third-order valence-corrected chi connectivity index (χ3v) is 6.47. The molecular weight excluding hydrogens is 452 g/mol. The molecule has 2 amide bonds. The molecule has 1 aliphatic heterocycles. The van der Waals surface area contributed by atoms with Gasteiger partial charge in [0.1, 0.15) is 12.7 Å². The number of morpholine rings is 1. The van der Waals surface area contributed by atoms with Gasteiger partial charge in [-0.15, -0.1) is 0 Å². The lowest BCUT2D eigenvalue weighted by Gasteiger charge is -2.36. The maximum atomic E-state index is 13.7. The first-order chi connectivity index (χ1) is 16.9. The Morgan fingerprint density at radius 2 is 2.17 bits per heavy atom. The van der Waals surface area contributed by atoms with Gasteiger partial charge in [-0.1, -0.05) is 0 Å². The summed E-state index contributed by atoms with van der Waals surface area (Å²) in [4.78, 5) is 31.6. The van der Waals surface area contributed by atoms with E-state index in [1.54, 1.807) is 7.11 Å². The summed E-state index contributed by atoms with van der Waals surface area (Å²) in [5, 5.41) is 20.6. The Kier molecular flexibility index (Phi) is 8.32. The van der Waals surface area contributed by atoms with Crippen LogP contribution < -0.4 is 10.6 Å². The molecule has 3 heterocycles. The zero-order chi connectivity index (χ0) is 24.9. The van der Waals surface area contributed by atoms with Crippen molar-refractivity contribution in [3.05, 3.63) is 23.5 Å². The van der Waals surface area contributed by atoms with Crippen LogP contribution in [-0.4, -0.2) is 94.8 Å². The average molecular weight is 489 g/mol. The highest BCUT2D eigenvalue weighted by Crippen LogP contribution is 2.37. The van der Waals surface area contributed by atoms with Gasteiger partial charge >= 0.3 is 0 Å². The number of rotatable bonds is 11. The number of pyridine rings is 1. The SMILES string of the molecule is COC[C@@H]1CNC[C@H](C(=O)N(C2CC2)[C@H](C)c2nn(CCCNC(=O)CO)c3nc(C)ccc23)O1. The van der Waals surface area contributed by atoms with E-state index in [0.717, 1.165) is 35.3 Å². The molecule has 1 saturated heterocycles. The summed E-state index contributed by atoms with van der Waals surface area (Å²) in [5.41, 5.74) is 2.45. The number of methoxy groups -OCH3 is 1. The van der Waals surface area contributed by atoms with Gasteiger partial charge in [-0.25, -0.2) is 9.67 Å². The molecular formula is C24H36N6O5. The molecule has 35 heavy (non-hydrogen) atoms. The lowest BCUT2D eigenvalue weighted by molar-refractivity contribution is -0.156. The molecule has 0 bridgehead atoms. The van der Waals surface area contributed by atoms with Crippen LogP contribution >= 0.6 is 0 Å². The van der Waals surface area contributed by atoms with Crippen molar-refractivity contribution in [3.63, 3.8) is 0 Å². The Hall–Kier alpha value is -2.60. The largest absolute Gasteiger partial charge is 0.387 e. The molecule has 4 rings (SSSR count). The van der Waals surface area contributed by atoms with Crippen molar-refractivity contribution in [2.24, 2.45) is 0 Å². The van der Waals surface area contributed by atoms with E-state index < -0.39 is 18.6 Å². The molecule has 0 spiro atoms. The fraction of sp³-hybridized carbons (Fsp3) is 0.667. The topological polar surface area (TPSA) is 131 Å². The third-order valence-electron chi connectivity index (χ3n) is 6.47. The van der Waals surface area contributed by atoms with Crippen molar-refractivity contribution in [3.8, 4) is 0 Å². The second-order valence-electron chi connectivity index (χ2n) is 9.31. The summed E-state index contributed by atoms with van der Waals surface area (Å²) >= 11 is 0. The van der Waals surface area contributed by atoms with Gasteiger partial charge in [0, 0.05) is 50.4 Å². The first-order valence-electron chi connectivity index (χ1n) is 12.3. The van der Waals surface area contributed by atoms with Crippen LogP contribution in [0.15, 0.2) is 12.1 Å². The van der Waals surface area contributed by atoms with Crippen molar-refractivity contribution in [1.29, 1.82) is 0 Å². The predicted octanol–water partition coefficient (Wildman–Crippen LogP) is 0.294. The van der Waals surface area contributed by atoms with E-state index in [4.69, 9.17) is 24.7 Å². The number of carbonyl (C=O) groups excluding carboxylic acids is 2. The minimum atomic E-state index is -0.559. The summed E-state index contributed by atoms with van der Waals surface area (Å²) in [6.07, 6.45) is 1.87. The molecule has 11 heteroatoms. The maximum Gasteiger partial charge on any atom is 0.253 e. The van der Waals surface area contributed by atoms with Crippen LogP contribution in [0.4, 0.5) is 0 Å². The zero-order valence-corrected chi connectivity index (χ0v) is 20.7. The van der Waals surface area contributed by atoms with Gasteiger partial charge < -0.3 is 30.1 Å². The fourth-order valence-corrected chi connectivity index (χ4v) is 4.62. The number of aromatic nitrogens is 3. The molecule has 3 N–H and O–H groups in total. The first kappa shape index (κ1) is 25.5. The van der Waals surface area contributed by atoms with E-state index in [9.17, 15) is 9.59 Å². The van der Waals surface area contributed by atoms with Crippen LogP contribution in [0.3, 0.4) is 0 Å². The van der Waals surface area contributed by atoms with Crippen LogP contribution in [0.2, 0.25) is 0 Å². The second-order valence-corrected chi connectivity index (χ2v) is 9.31. The Balaban J connectivity index is 1.55. The zero-order valence-electron chi connectivity index (χ0n) is 20.7. The summed E-state index contributed by atoms with van der Waals surface area (Å²) < 4.78 is 13.1. The molecule has 0 unspecified atom stereocenters. The molecule has 3 atom stereocenters. The number of fused-ring (bicyclic) bond motifs is 1. The number of carbonyl (C=O) groups is 2. The number of amides is 2. The quantitative estimate of drug-likeness (QED) is 0.385. The molecule has 1 saturated carbocycles. The van der Waals surface area contributed by atoms with Gasteiger partial charge in [-0.2, -0.15) is 5.10 Å². The van der Waals surface area contributed by atoms with Crippen LogP contribution in [0.25, 0.3) is 11.0 Å². The Bertz CT molecular complexity index is 1040. The Morgan fingerprint density at radius 3 is 2.89 bits per heavy atom. The Morgan fingerprint density at radius 1 is 1.37 bits per heavy atom. The lowest BCUT2D eigenvalue weighted by Crippen LogP contribution is -2.54. The summed E-state index contributed by atoms with van der Waals surface area (Å²) in [7, 11) is 1.63. The molecule has 0 radical (unpaired) electrons. The Labute approximate surface area is 205 Å².